The number of oxime groups is 1. The predicted molar refractivity (Wildman–Crippen MR) is 82.3 cm³/mol. The number of nitrogens with zero attached hydrogens (tertiary/aromatic N) is 2. The van der Waals surface area contributed by atoms with Crippen LogP contribution in [0.5, 0.6) is 0 Å². The van der Waals surface area contributed by atoms with Gasteiger partial charge in [-0.25, -0.2) is 4.79 Å². The third kappa shape index (κ3) is 2.72. The Morgan fingerprint density at radius 1 is 1.19 bits per heavy atom. The summed E-state index contributed by atoms with van der Waals surface area (Å²) in [5.74, 6) is -0.263. The number of carbonyl (C=O) groups is 1. The van der Waals surface area contributed by atoms with Crippen molar-refractivity contribution in [3.8, 4) is 0 Å². The Balaban J connectivity index is 1.70. The molecule has 0 atom stereocenters. The minimum Gasteiger partial charge on any atom is -0.316 e. The van der Waals surface area contributed by atoms with Crippen molar-refractivity contribution in [2.45, 2.75) is 45.1 Å². The molecule has 1 fully saturated rings. The lowest BCUT2D eigenvalue weighted by Gasteiger charge is -2.31. The predicted octanol–water partition coefficient (Wildman–Crippen LogP) is 2.75. The number of benzene rings is 1. The molecule has 0 saturated carbocycles. The molecule has 1 aromatic carbocycles. The molecule has 1 aromatic rings. The maximum Gasteiger partial charge on any atom is 0.354 e. The van der Waals surface area contributed by atoms with Crippen LogP contribution >= 0.6 is 0 Å². The van der Waals surface area contributed by atoms with Gasteiger partial charge in [-0.05, 0) is 58.2 Å². The fraction of sp³-hybridized carbons (Fsp3) is 0.529. The second kappa shape index (κ2) is 5.60. The van der Waals surface area contributed by atoms with E-state index in [1.807, 2.05) is 32.0 Å². The van der Waals surface area contributed by atoms with Gasteiger partial charge in [0.1, 0.15) is 5.54 Å². The van der Waals surface area contributed by atoms with Gasteiger partial charge in [-0.2, -0.15) is 0 Å². The molecule has 0 bridgehead atoms. The zero-order valence-electron chi connectivity index (χ0n) is 12.8. The zero-order valence-corrected chi connectivity index (χ0v) is 12.8. The summed E-state index contributed by atoms with van der Waals surface area (Å²) in [5.41, 5.74) is 2.69. The third-order valence-electron chi connectivity index (χ3n) is 4.59. The Labute approximate surface area is 125 Å². The molecule has 0 N–H and O–H groups in total. The van der Waals surface area contributed by atoms with E-state index in [1.165, 1.54) is 5.56 Å². The molecule has 2 aliphatic rings. The van der Waals surface area contributed by atoms with Crippen LogP contribution in [0.15, 0.2) is 29.4 Å². The van der Waals surface area contributed by atoms with Crippen molar-refractivity contribution in [2.75, 3.05) is 13.1 Å². The first kappa shape index (κ1) is 14.3. The highest BCUT2D eigenvalue weighted by Crippen LogP contribution is 2.24. The van der Waals surface area contributed by atoms with Gasteiger partial charge < -0.3 is 4.84 Å². The van der Waals surface area contributed by atoms with Gasteiger partial charge in [0.2, 0.25) is 0 Å². The first-order valence-corrected chi connectivity index (χ1v) is 7.70. The van der Waals surface area contributed by atoms with E-state index in [2.05, 4.69) is 16.1 Å². The number of hydrogen-bond acceptors (Lipinski definition) is 4. The Morgan fingerprint density at radius 2 is 1.90 bits per heavy atom. The molecular formula is C17H22N2O2. The van der Waals surface area contributed by atoms with E-state index in [0.717, 1.165) is 50.0 Å². The van der Waals surface area contributed by atoms with Gasteiger partial charge in [0.15, 0.2) is 0 Å². The summed E-state index contributed by atoms with van der Waals surface area (Å²) in [5, 5.41) is 4.14. The van der Waals surface area contributed by atoms with Gasteiger partial charge in [0, 0.05) is 5.56 Å². The molecular weight excluding hydrogens is 264 g/mol. The fourth-order valence-electron chi connectivity index (χ4n) is 3.12. The average molecular weight is 286 g/mol. The number of carbonyl (C=O) groups excluding carboxylic acids is 1. The molecule has 0 radical (unpaired) electrons. The number of fused-ring (bicyclic) bond motifs is 1. The lowest BCUT2D eigenvalue weighted by Crippen LogP contribution is -2.49. The minimum atomic E-state index is -0.599. The van der Waals surface area contributed by atoms with E-state index < -0.39 is 5.54 Å². The SMILES string of the molecule is CC(C)(C(=O)O/N=C1\CCc2ccccc21)N1CCCC1. The van der Waals surface area contributed by atoms with Crippen molar-refractivity contribution in [1.29, 1.82) is 0 Å². The van der Waals surface area contributed by atoms with Gasteiger partial charge >= 0.3 is 5.97 Å². The van der Waals surface area contributed by atoms with Gasteiger partial charge in [-0.15, -0.1) is 0 Å². The molecule has 1 aliphatic carbocycles. The van der Waals surface area contributed by atoms with Crippen molar-refractivity contribution in [2.24, 2.45) is 5.16 Å². The molecule has 4 heteroatoms. The van der Waals surface area contributed by atoms with Gasteiger partial charge in [-0.3, -0.25) is 4.90 Å². The summed E-state index contributed by atoms with van der Waals surface area (Å²) < 4.78 is 0. The monoisotopic (exact) mass is 286 g/mol. The molecule has 0 amide bonds. The largest absolute Gasteiger partial charge is 0.354 e. The maximum atomic E-state index is 12.3. The van der Waals surface area contributed by atoms with Crippen molar-refractivity contribution in [3.63, 3.8) is 0 Å². The first-order chi connectivity index (χ1) is 10.1. The topological polar surface area (TPSA) is 41.9 Å². The number of rotatable bonds is 3. The van der Waals surface area contributed by atoms with Crippen LogP contribution in [0.4, 0.5) is 0 Å². The van der Waals surface area contributed by atoms with Crippen molar-refractivity contribution < 1.29 is 9.63 Å². The lowest BCUT2D eigenvalue weighted by atomic mass is 10.0. The Hall–Kier alpha value is -1.68. The summed E-state index contributed by atoms with van der Waals surface area (Å²) in [6.07, 6.45) is 4.12. The highest BCUT2D eigenvalue weighted by Gasteiger charge is 2.38. The van der Waals surface area contributed by atoms with Crippen molar-refractivity contribution in [3.05, 3.63) is 35.4 Å². The van der Waals surface area contributed by atoms with Crippen LogP contribution in [-0.2, 0) is 16.1 Å². The normalized spacial score (nSPS) is 20.8. The number of hydrogen-bond donors (Lipinski definition) is 0. The quantitative estimate of drug-likeness (QED) is 0.634. The van der Waals surface area contributed by atoms with E-state index in [9.17, 15) is 4.79 Å². The molecule has 1 saturated heterocycles. The van der Waals surface area contributed by atoms with Gasteiger partial charge in [0.05, 0.1) is 5.71 Å². The van der Waals surface area contributed by atoms with Crippen LogP contribution in [0.1, 0.15) is 44.2 Å². The number of aryl methyl sites for hydroxylation is 1. The highest BCUT2D eigenvalue weighted by molar-refractivity contribution is 6.04. The molecule has 112 valence electrons. The highest BCUT2D eigenvalue weighted by atomic mass is 16.7. The Kier molecular flexibility index (Phi) is 3.81. The molecule has 4 nitrogen and oxygen atoms in total. The van der Waals surface area contributed by atoms with Gasteiger partial charge in [0.25, 0.3) is 0 Å². The van der Waals surface area contributed by atoms with Crippen molar-refractivity contribution in [1.82, 2.24) is 4.90 Å². The molecule has 1 aliphatic heterocycles. The van der Waals surface area contributed by atoms with Crippen LogP contribution in [0.3, 0.4) is 0 Å². The van der Waals surface area contributed by atoms with Gasteiger partial charge in [-0.1, -0.05) is 29.4 Å². The van der Waals surface area contributed by atoms with Crippen LogP contribution < -0.4 is 0 Å². The van der Waals surface area contributed by atoms with Crippen LogP contribution in [-0.4, -0.2) is 35.2 Å². The summed E-state index contributed by atoms with van der Waals surface area (Å²) >= 11 is 0. The third-order valence-corrected chi connectivity index (χ3v) is 4.59. The molecule has 0 spiro atoms. The minimum absolute atomic E-state index is 0.263. The fourth-order valence-corrected chi connectivity index (χ4v) is 3.12. The van der Waals surface area contributed by atoms with E-state index in [4.69, 9.17) is 4.84 Å². The van der Waals surface area contributed by atoms with E-state index in [1.54, 1.807) is 0 Å². The lowest BCUT2D eigenvalue weighted by molar-refractivity contribution is -0.155. The molecule has 0 aromatic heterocycles. The molecule has 1 heterocycles. The summed E-state index contributed by atoms with van der Waals surface area (Å²) in [4.78, 5) is 19.8. The number of likely N-dealkylation sites (tertiary alicyclic amines) is 1. The Bertz CT molecular complexity index is 572. The summed E-state index contributed by atoms with van der Waals surface area (Å²) in [7, 11) is 0. The van der Waals surface area contributed by atoms with Crippen molar-refractivity contribution >= 4 is 11.7 Å². The zero-order chi connectivity index (χ0) is 14.9. The molecule has 3 rings (SSSR count). The standard InChI is InChI=1S/C17H22N2O2/c1-17(2,19-11-5-6-12-19)16(20)21-18-15-10-9-13-7-3-4-8-14(13)15/h3-4,7-8H,5-6,9-12H2,1-2H3/b18-15+. The molecule has 21 heavy (non-hydrogen) atoms. The second-order valence-corrected chi connectivity index (χ2v) is 6.33. The van der Waals surface area contributed by atoms with E-state index in [-0.39, 0.29) is 5.97 Å². The Morgan fingerprint density at radius 3 is 2.67 bits per heavy atom. The van der Waals surface area contributed by atoms with Crippen LogP contribution in [0, 0.1) is 0 Å². The summed E-state index contributed by atoms with van der Waals surface area (Å²) in [6, 6.07) is 8.17. The first-order valence-electron chi connectivity index (χ1n) is 7.70. The maximum absolute atomic E-state index is 12.3. The van der Waals surface area contributed by atoms with E-state index >= 15 is 0 Å². The molecule has 0 unspecified atom stereocenters. The summed E-state index contributed by atoms with van der Waals surface area (Å²) in [6.45, 7) is 5.76. The smallest absolute Gasteiger partial charge is 0.316 e. The van der Waals surface area contributed by atoms with Crippen LogP contribution in [0.2, 0.25) is 0 Å². The van der Waals surface area contributed by atoms with Crippen LogP contribution in [0.25, 0.3) is 0 Å². The average Bonchev–Trinajstić information content (AvgIpc) is 3.14. The second-order valence-electron chi connectivity index (χ2n) is 6.33. The van der Waals surface area contributed by atoms with E-state index in [0.29, 0.717) is 0 Å².